The fourth-order valence-electron chi connectivity index (χ4n) is 2.96. The van der Waals surface area contributed by atoms with Gasteiger partial charge in [0.05, 0.1) is 17.1 Å². The smallest absolute Gasteiger partial charge is 0.254 e. The molecule has 3 rings (SSSR count). The largest absolute Gasteiger partial charge is 0.359 e. The first-order chi connectivity index (χ1) is 13.0. The minimum absolute atomic E-state index is 0.0769. The first-order valence-corrected chi connectivity index (χ1v) is 8.88. The molecule has 0 bridgehead atoms. The Morgan fingerprint density at radius 2 is 2.15 bits per heavy atom. The summed E-state index contributed by atoms with van der Waals surface area (Å²) in [6, 6.07) is 9.69. The van der Waals surface area contributed by atoms with Crippen molar-refractivity contribution < 1.29 is 14.4 Å². The van der Waals surface area contributed by atoms with Crippen molar-refractivity contribution >= 4 is 29.3 Å². The summed E-state index contributed by atoms with van der Waals surface area (Å²) in [5.74, 6) is -0.919. The lowest BCUT2D eigenvalue weighted by atomic mass is 10.0. The normalized spacial score (nSPS) is 16.6. The number of nitrogens with zero attached hydrogens (tertiary/aromatic N) is 2. The van der Waals surface area contributed by atoms with Gasteiger partial charge >= 0.3 is 0 Å². The molecule has 1 aliphatic rings. The van der Waals surface area contributed by atoms with E-state index in [1.165, 1.54) is 11.9 Å². The predicted molar refractivity (Wildman–Crippen MR) is 101 cm³/mol. The van der Waals surface area contributed by atoms with Gasteiger partial charge in [-0.3, -0.25) is 19.4 Å². The summed E-state index contributed by atoms with van der Waals surface area (Å²) >= 11 is 5.87. The number of amides is 3. The predicted octanol–water partition coefficient (Wildman–Crippen LogP) is 1.48. The van der Waals surface area contributed by atoms with E-state index in [2.05, 4.69) is 15.6 Å². The number of benzene rings is 1. The SMILES string of the molecule is CNC(=O)C[C@H]1C(=O)NCCN1C(=O)c1cccc(-c2ccc(Cl)cn2)c1. The van der Waals surface area contributed by atoms with E-state index in [0.717, 1.165) is 5.56 Å². The number of piperazine rings is 1. The van der Waals surface area contributed by atoms with E-state index in [-0.39, 0.29) is 24.1 Å². The highest BCUT2D eigenvalue weighted by atomic mass is 35.5. The molecule has 2 heterocycles. The van der Waals surface area contributed by atoms with E-state index in [4.69, 9.17) is 11.6 Å². The lowest BCUT2D eigenvalue weighted by Crippen LogP contribution is -2.58. The Hall–Kier alpha value is -2.93. The molecular weight excluding hydrogens is 368 g/mol. The van der Waals surface area contributed by atoms with Gasteiger partial charge in [-0.1, -0.05) is 23.7 Å². The molecule has 0 saturated carbocycles. The molecule has 7 nitrogen and oxygen atoms in total. The van der Waals surface area contributed by atoms with Crippen LogP contribution in [0.5, 0.6) is 0 Å². The number of hydrogen-bond donors (Lipinski definition) is 2. The summed E-state index contributed by atoms with van der Waals surface area (Å²) in [7, 11) is 1.50. The molecule has 8 heteroatoms. The zero-order valence-electron chi connectivity index (χ0n) is 14.7. The Morgan fingerprint density at radius 3 is 2.85 bits per heavy atom. The second-order valence-electron chi connectivity index (χ2n) is 6.13. The second-order valence-corrected chi connectivity index (χ2v) is 6.56. The van der Waals surface area contributed by atoms with Crippen LogP contribution in [0.4, 0.5) is 0 Å². The van der Waals surface area contributed by atoms with Gasteiger partial charge in [-0.25, -0.2) is 0 Å². The Bertz CT molecular complexity index is 870. The van der Waals surface area contributed by atoms with Crippen molar-refractivity contribution in [3.63, 3.8) is 0 Å². The van der Waals surface area contributed by atoms with E-state index in [9.17, 15) is 14.4 Å². The van der Waals surface area contributed by atoms with Gasteiger partial charge in [0, 0.05) is 37.5 Å². The lowest BCUT2D eigenvalue weighted by molar-refractivity contribution is -0.132. The number of hydrogen-bond acceptors (Lipinski definition) is 4. The molecule has 0 aliphatic carbocycles. The molecule has 27 heavy (non-hydrogen) atoms. The molecule has 3 amide bonds. The van der Waals surface area contributed by atoms with E-state index in [0.29, 0.717) is 29.4 Å². The highest BCUT2D eigenvalue weighted by molar-refractivity contribution is 6.30. The Kier molecular flexibility index (Phi) is 5.71. The van der Waals surface area contributed by atoms with E-state index in [1.807, 2.05) is 6.07 Å². The molecule has 1 aromatic carbocycles. The molecule has 0 unspecified atom stereocenters. The average Bonchev–Trinajstić information content (AvgIpc) is 2.69. The van der Waals surface area contributed by atoms with E-state index < -0.39 is 6.04 Å². The van der Waals surface area contributed by atoms with Crippen LogP contribution < -0.4 is 10.6 Å². The molecule has 0 radical (unpaired) electrons. The van der Waals surface area contributed by atoms with Gasteiger partial charge in [0.1, 0.15) is 6.04 Å². The summed E-state index contributed by atoms with van der Waals surface area (Å²) in [6.45, 7) is 0.697. The van der Waals surface area contributed by atoms with Crippen LogP contribution in [-0.4, -0.2) is 53.8 Å². The zero-order chi connectivity index (χ0) is 19.4. The van der Waals surface area contributed by atoms with Crippen molar-refractivity contribution in [1.29, 1.82) is 0 Å². The number of pyridine rings is 1. The Labute approximate surface area is 161 Å². The van der Waals surface area contributed by atoms with Crippen LogP contribution in [0.2, 0.25) is 5.02 Å². The van der Waals surface area contributed by atoms with Gasteiger partial charge in [0.15, 0.2) is 0 Å². The summed E-state index contributed by atoms with van der Waals surface area (Å²) in [6.07, 6.45) is 1.46. The topological polar surface area (TPSA) is 91.4 Å². The molecule has 1 atom stereocenters. The second kappa shape index (κ2) is 8.18. The average molecular weight is 387 g/mol. The monoisotopic (exact) mass is 386 g/mol. The molecule has 1 fully saturated rings. The number of nitrogens with one attached hydrogen (secondary N) is 2. The van der Waals surface area contributed by atoms with Gasteiger partial charge in [0.25, 0.3) is 5.91 Å². The van der Waals surface area contributed by atoms with Crippen LogP contribution in [-0.2, 0) is 9.59 Å². The standard InChI is InChI=1S/C19H19ClN4O3/c1-21-17(25)10-16-18(26)22-7-8-24(16)19(27)13-4-2-3-12(9-13)15-6-5-14(20)11-23-15/h2-6,9,11,16H,7-8,10H2,1H3,(H,21,25)(H,22,26)/t16-/m0/s1. The molecule has 140 valence electrons. The van der Waals surface area contributed by atoms with Crippen LogP contribution in [0.1, 0.15) is 16.8 Å². The van der Waals surface area contributed by atoms with Gasteiger partial charge < -0.3 is 15.5 Å². The zero-order valence-corrected chi connectivity index (χ0v) is 15.5. The fraction of sp³-hybridized carbons (Fsp3) is 0.263. The fourth-order valence-corrected chi connectivity index (χ4v) is 3.07. The van der Waals surface area contributed by atoms with Gasteiger partial charge in [-0.05, 0) is 24.3 Å². The Balaban J connectivity index is 1.87. The minimum Gasteiger partial charge on any atom is -0.359 e. The maximum absolute atomic E-state index is 13.0. The van der Waals surface area contributed by atoms with Gasteiger partial charge in [-0.2, -0.15) is 0 Å². The Morgan fingerprint density at radius 1 is 1.33 bits per heavy atom. The summed E-state index contributed by atoms with van der Waals surface area (Å²) in [4.78, 5) is 42.7. The molecule has 1 saturated heterocycles. The van der Waals surface area contributed by atoms with Crippen molar-refractivity contribution in [3.8, 4) is 11.3 Å². The maximum Gasteiger partial charge on any atom is 0.254 e. The molecular formula is C19H19ClN4O3. The van der Waals surface area contributed by atoms with Crippen molar-refractivity contribution in [3.05, 3.63) is 53.2 Å². The van der Waals surface area contributed by atoms with Crippen LogP contribution in [0.25, 0.3) is 11.3 Å². The van der Waals surface area contributed by atoms with Crippen molar-refractivity contribution in [1.82, 2.24) is 20.5 Å². The highest BCUT2D eigenvalue weighted by Gasteiger charge is 2.34. The lowest BCUT2D eigenvalue weighted by Gasteiger charge is -2.34. The van der Waals surface area contributed by atoms with E-state index in [1.54, 1.807) is 36.5 Å². The van der Waals surface area contributed by atoms with Crippen molar-refractivity contribution in [2.45, 2.75) is 12.5 Å². The summed E-state index contributed by atoms with van der Waals surface area (Å²) in [5, 5.41) is 5.73. The molecule has 2 aromatic rings. The van der Waals surface area contributed by atoms with Crippen LogP contribution >= 0.6 is 11.6 Å². The number of halogens is 1. The number of carbonyl (C=O) groups is 3. The summed E-state index contributed by atoms with van der Waals surface area (Å²) < 4.78 is 0. The molecule has 0 spiro atoms. The third-order valence-electron chi connectivity index (χ3n) is 4.38. The van der Waals surface area contributed by atoms with E-state index >= 15 is 0 Å². The third-order valence-corrected chi connectivity index (χ3v) is 4.61. The van der Waals surface area contributed by atoms with Crippen LogP contribution in [0.15, 0.2) is 42.6 Å². The van der Waals surface area contributed by atoms with Crippen molar-refractivity contribution in [2.24, 2.45) is 0 Å². The maximum atomic E-state index is 13.0. The first-order valence-electron chi connectivity index (χ1n) is 8.51. The van der Waals surface area contributed by atoms with Gasteiger partial charge in [-0.15, -0.1) is 0 Å². The van der Waals surface area contributed by atoms with Crippen molar-refractivity contribution in [2.75, 3.05) is 20.1 Å². The number of aromatic nitrogens is 1. The number of carbonyl (C=O) groups excluding carboxylic acids is 3. The van der Waals surface area contributed by atoms with Gasteiger partial charge in [0.2, 0.25) is 11.8 Å². The molecule has 1 aromatic heterocycles. The quantitative estimate of drug-likeness (QED) is 0.832. The highest BCUT2D eigenvalue weighted by Crippen LogP contribution is 2.22. The third kappa shape index (κ3) is 4.25. The summed E-state index contributed by atoms with van der Waals surface area (Å²) in [5.41, 5.74) is 1.88. The minimum atomic E-state index is -0.830. The van der Waals surface area contributed by atoms with Crippen LogP contribution in [0, 0.1) is 0 Å². The van der Waals surface area contributed by atoms with Crippen LogP contribution in [0.3, 0.4) is 0 Å². The molecule has 2 N–H and O–H groups in total. The number of rotatable bonds is 4. The first kappa shape index (κ1) is 18.8. The molecule has 1 aliphatic heterocycles.